The van der Waals surface area contributed by atoms with Crippen LogP contribution in [0.1, 0.15) is 58.8 Å². The van der Waals surface area contributed by atoms with Crippen LogP contribution in [-0.2, 0) is 9.53 Å². The zero-order chi connectivity index (χ0) is 10.9. The Morgan fingerprint density at radius 1 is 1.47 bits per heavy atom. The van der Waals surface area contributed by atoms with Gasteiger partial charge in [-0.15, -0.1) is 0 Å². The quantitative estimate of drug-likeness (QED) is 0.665. The van der Waals surface area contributed by atoms with Gasteiger partial charge in [-0.05, 0) is 50.9 Å². The summed E-state index contributed by atoms with van der Waals surface area (Å²) < 4.78 is 5.70. The average molecular weight is 210 g/mol. The molecule has 0 amide bonds. The number of carbonyl (C=O) groups is 1. The Morgan fingerprint density at radius 3 is 2.80 bits per heavy atom. The molecule has 0 aromatic rings. The van der Waals surface area contributed by atoms with Crippen LogP contribution in [-0.4, -0.2) is 11.6 Å². The lowest BCUT2D eigenvalue weighted by atomic mass is 9.85. The highest BCUT2D eigenvalue weighted by atomic mass is 16.6. The van der Waals surface area contributed by atoms with E-state index in [2.05, 4.69) is 13.8 Å². The fraction of sp³-hybridized carbons (Fsp3) is 0.923. The summed E-state index contributed by atoms with van der Waals surface area (Å²) in [7, 11) is 0. The summed E-state index contributed by atoms with van der Waals surface area (Å²) in [4.78, 5) is 11.6. The predicted molar refractivity (Wildman–Crippen MR) is 59.5 cm³/mol. The fourth-order valence-electron chi connectivity index (χ4n) is 3.31. The lowest BCUT2D eigenvalue weighted by molar-refractivity contribution is -0.163. The minimum absolute atomic E-state index is 0.0203. The number of fused-ring (bicyclic) bond motifs is 2. The van der Waals surface area contributed by atoms with E-state index in [1.54, 1.807) is 0 Å². The van der Waals surface area contributed by atoms with Crippen molar-refractivity contribution in [3.63, 3.8) is 0 Å². The lowest BCUT2D eigenvalue weighted by Crippen LogP contribution is -2.37. The topological polar surface area (TPSA) is 26.3 Å². The van der Waals surface area contributed by atoms with Crippen molar-refractivity contribution in [1.29, 1.82) is 0 Å². The second-order valence-electron chi connectivity index (χ2n) is 5.47. The number of esters is 1. The molecule has 86 valence electrons. The molecule has 0 aliphatic heterocycles. The molecule has 2 bridgehead atoms. The monoisotopic (exact) mass is 210 g/mol. The second kappa shape index (κ2) is 4.15. The molecule has 2 rings (SSSR count). The van der Waals surface area contributed by atoms with E-state index in [-0.39, 0.29) is 11.6 Å². The molecule has 0 aromatic carbocycles. The smallest absolute Gasteiger partial charge is 0.306 e. The number of rotatable bonds is 4. The Morgan fingerprint density at radius 2 is 2.27 bits per heavy atom. The molecule has 0 saturated heterocycles. The Balaban J connectivity index is 1.86. The van der Waals surface area contributed by atoms with E-state index < -0.39 is 0 Å². The van der Waals surface area contributed by atoms with Crippen molar-refractivity contribution in [3.8, 4) is 0 Å². The van der Waals surface area contributed by atoms with Crippen LogP contribution in [0.2, 0.25) is 0 Å². The number of unbranched alkanes of at least 4 members (excludes halogenated alkanes) is 1. The molecule has 3 atom stereocenters. The highest BCUT2D eigenvalue weighted by Crippen LogP contribution is 2.52. The van der Waals surface area contributed by atoms with E-state index in [4.69, 9.17) is 4.74 Å². The van der Waals surface area contributed by atoms with E-state index in [9.17, 15) is 4.79 Å². The maximum atomic E-state index is 11.6. The Labute approximate surface area is 92.4 Å². The molecule has 2 heteroatoms. The third-order valence-electron chi connectivity index (χ3n) is 4.18. The largest absolute Gasteiger partial charge is 0.459 e. The molecule has 0 radical (unpaired) electrons. The zero-order valence-electron chi connectivity index (χ0n) is 9.92. The van der Waals surface area contributed by atoms with E-state index in [1.165, 1.54) is 19.3 Å². The SMILES string of the molecule is CCCCC(=O)OC1(C)CC2CCC1C2. The first-order chi connectivity index (χ1) is 7.14. The van der Waals surface area contributed by atoms with Crippen LogP contribution >= 0.6 is 0 Å². The summed E-state index contributed by atoms with van der Waals surface area (Å²) in [6.45, 7) is 4.24. The molecule has 0 heterocycles. The molecular formula is C13H22O2. The van der Waals surface area contributed by atoms with Gasteiger partial charge in [0.1, 0.15) is 5.60 Å². The van der Waals surface area contributed by atoms with Gasteiger partial charge in [-0.3, -0.25) is 4.79 Å². The third kappa shape index (κ3) is 2.19. The van der Waals surface area contributed by atoms with Crippen LogP contribution in [0.3, 0.4) is 0 Å². The van der Waals surface area contributed by atoms with Gasteiger partial charge in [-0.2, -0.15) is 0 Å². The number of ether oxygens (including phenoxy) is 1. The van der Waals surface area contributed by atoms with E-state index in [1.807, 2.05) is 0 Å². The van der Waals surface area contributed by atoms with Crippen molar-refractivity contribution < 1.29 is 9.53 Å². The van der Waals surface area contributed by atoms with Crippen molar-refractivity contribution in [2.45, 2.75) is 64.4 Å². The lowest BCUT2D eigenvalue weighted by Gasteiger charge is -2.33. The van der Waals surface area contributed by atoms with Gasteiger partial charge in [0.05, 0.1) is 0 Å². The average Bonchev–Trinajstić information content (AvgIpc) is 2.73. The molecule has 2 saturated carbocycles. The van der Waals surface area contributed by atoms with Crippen molar-refractivity contribution in [1.82, 2.24) is 0 Å². The summed E-state index contributed by atoms with van der Waals surface area (Å²) in [5, 5.41) is 0. The molecule has 2 nitrogen and oxygen atoms in total. The normalized spacial score (nSPS) is 38.3. The summed E-state index contributed by atoms with van der Waals surface area (Å²) in [5.41, 5.74) is -0.117. The summed E-state index contributed by atoms with van der Waals surface area (Å²) in [5.74, 6) is 1.50. The molecule has 0 N–H and O–H groups in total. The van der Waals surface area contributed by atoms with Gasteiger partial charge in [0.15, 0.2) is 0 Å². The minimum Gasteiger partial charge on any atom is -0.459 e. The van der Waals surface area contributed by atoms with Crippen molar-refractivity contribution in [3.05, 3.63) is 0 Å². The fourth-order valence-corrected chi connectivity index (χ4v) is 3.31. The second-order valence-corrected chi connectivity index (χ2v) is 5.47. The first-order valence-corrected chi connectivity index (χ1v) is 6.36. The molecule has 2 fully saturated rings. The van der Waals surface area contributed by atoms with Gasteiger partial charge in [-0.25, -0.2) is 0 Å². The molecule has 0 spiro atoms. The predicted octanol–water partition coefficient (Wildman–Crippen LogP) is 3.30. The number of carbonyl (C=O) groups excluding carboxylic acids is 1. The molecule has 15 heavy (non-hydrogen) atoms. The molecule has 0 aromatic heterocycles. The van der Waals surface area contributed by atoms with Gasteiger partial charge in [0.2, 0.25) is 0 Å². The van der Waals surface area contributed by atoms with Crippen LogP contribution in [0.15, 0.2) is 0 Å². The summed E-state index contributed by atoms with van der Waals surface area (Å²) in [6.07, 6.45) is 7.65. The highest BCUT2D eigenvalue weighted by Gasteiger charge is 2.50. The van der Waals surface area contributed by atoms with Crippen LogP contribution in [0, 0.1) is 11.8 Å². The Bertz CT molecular complexity index is 249. The van der Waals surface area contributed by atoms with Crippen LogP contribution < -0.4 is 0 Å². The first kappa shape index (κ1) is 11.0. The maximum Gasteiger partial charge on any atom is 0.306 e. The Hall–Kier alpha value is -0.530. The van der Waals surface area contributed by atoms with E-state index in [0.29, 0.717) is 12.3 Å². The molecule has 3 unspecified atom stereocenters. The molecule has 2 aliphatic rings. The van der Waals surface area contributed by atoms with Gasteiger partial charge >= 0.3 is 5.97 Å². The van der Waals surface area contributed by atoms with Gasteiger partial charge in [-0.1, -0.05) is 13.3 Å². The molecule has 2 aliphatic carbocycles. The van der Waals surface area contributed by atoms with Crippen LogP contribution in [0.5, 0.6) is 0 Å². The van der Waals surface area contributed by atoms with E-state index >= 15 is 0 Å². The highest BCUT2D eigenvalue weighted by molar-refractivity contribution is 5.69. The van der Waals surface area contributed by atoms with E-state index in [0.717, 1.165) is 25.2 Å². The van der Waals surface area contributed by atoms with Gasteiger partial charge in [0, 0.05) is 6.42 Å². The van der Waals surface area contributed by atoms with Gasteiger partial charge in [0.25, 0.3) is 0 Å². The van der Waals surface area contributed by atoms with Crippen LogP contribution in [0.25, 0.3) is 0 Å². The third-order valence-corrected chi connectivity index (χ3v) is 4.18. The summed E-state index contributed by atoms with van der Waals surface area (Å²) >= 11 is 0. The minimum atomic E-state index is -0.117. The number of hydrogen-bond donors (Lipinski definition) is 0. The number of hydrogen-bond acceptors (Lipinski definition) is 2. The zero-order valence-corrected chi connectivity index (χ0v) is 9.92. The maximum absolute atomic E-state index is 11.6. The van der Waals surface area contributed by atoms with Crippen molar-refractivity contribution in [2.24, 2.45) is 11.8 Å². The van der Waals surface area contributed by atoms with Gasteiger partial charge < -0.3 is 4.74 Å². The first-order valence-electron chi connectivity index (χ1n) is 6.36. The standard InChI is InChI=1S/C13H22O2/c1-3-4-5-12(14)15-13(2)9-10-6-7-11(13)8-10/h10-11H,3-9H2,1-2H3. The van der Waals surface area contributed by atoms with Crippen molar-refractivity contribution >= 4 is 5.97 Å². The Kier molecular flexibility index (Phi) is 3.03. The molecular weight excluding hydrogens is 188 g/mol. The van der Waals surface area contributed by atoms with Crippen molar-refractivity contribution in [2.75, 3.05) is 0 Å². The summed E-state index contributed by atoms with van der Waals surface area (Å²) in [6, 6.07) is 0. The van der Waals surface area contributed by atoms with Crippen LogP contribution in [0.4, 0.5) is 0 Å².